The highest BCUT2D eigenvalue weighted by molar-refractivity contribution is 5.90. The monoisotopic (exact) mass is 285 g/mol. The van der Waals surface area contributed by atoms with Crippen molar-refractivity contribution in [2.24, 2.45) is 0 Å². The summed E-state index contributed by atoms with van der Waals surface area (Å²) in [5.74, 6) is -1.15. The summed E-state index contributed by atoms with van der Waals surface area (Å²) < 4.78 is 40.9. The zero-order valence-electron chi connectivity index (χ0n) is 11.0. The second kappa shape index (κ2) is 4.85. The van der Waals surface area contributed by atoms with Crippen LogP contribution in [0.3, 0.4) is 0 Å². The van der Waals surface area contributed by atoms with Crippen molar-refractivity contribution in [1.82, 2.24) is 4.57 Å². The molecule has 2 rings (SSSR count). The molecule has 0 fully saturated rings. The highest BCUT2D eigenvalue weighted by Crippen LogP contribution is 2.38. The number of rotatable bonds is 3. The van der Waals surface area contributed by atoms with Crippen LogP contribution in [0.2, 0.25) is 0 Å². The minimum absolute atomic E-state index is 0.0175. The Labute approximate surface area is 113 Å². The van der Waals surface area contributed by atoms with Crippen LogP contribution in [0.15, 0.2) is 24.4 Å². The van der Waals surface area contributed by atoms with Crippen LogP contribution in [0.25, 0.3) is 10.9 Å². The number of fused-ring (bicyclic) bond motifs is 1. The van der Waals surface area contributed by atoms with Crippen LogP contribution >= 0.6 is 0 Å². The maximum atomic E-state index is 13.1. The van der Waals surface area contributed by atoms with Crippen LogP contribution in [0.5, 0.6) is 0 Å². The van der Waals surface area contributed by atoms with E-state index in [1.807, 2.05) is 13.8 Å². The van der Waals surface area contributed by atoms with Crippen molar-refractivity contribution in [2.75, 3.05) is 0 Å². The summed E-state index contributed by atoms with van der Waals surface area (Å²) in [6, 6.07) is 3.85. The van der Waals surface area contributed by atoms with E-state index in [0.29, 0.717) is 5.52 Å². The number of halogens is 3. The molecule has 0 saturated heterocycles. The third-order valence-electron chi connectivity index (χ3n) is 3.14. The standard InChI is InChI=1S/C14H14F3NO2/c1-8(2)18-7-9(6-12(19)20)13-10(14(15,16)17)4-3-5-11(13)18/h3-5,7-8H,6H2,1-2H3,(H,19,20). The first-order valence-corrected chi connectivity index (χ1v) is 6.13. The minimum atomic E-state index is -4.50. The second-order valence-corrected chi connectivity index (χ2v) is 4.92. The first-order chi connectivity index (χ1) is 9.21. The van der Waals surface area contributed by atoms with Crippen LogP contribution in [0.4, 0.5) is 13.2 Å². The molecule has 0 aliphatic carbocycles. The van der Waals surface area contributed by atoms with E-state index in [-0.39, 0.29) is 17.0 Å². The van der Waals surface area contributed by atoms with Gasteiger partial charge < -0.3 is 9.67 Å². The Morgan fingerprint density at radius 3 is 2.50 bits per heavy atom. The zero-order chi connectivity index (χ0) is 15.1. The molecule has 6 heteroatoms. The Hall–Kier alpha value is -1.98. The summed E-state index contributed by atoms with van der Waals surface area (Å²) in [4.78, 5) is 10.9. The molecular weight excluding hydrogens is 271 g/mol. The van der Waals surface area contributed by atoms with Gasteiger partial charge in [0.15, 0.2) is 0 Å². The summed E-state index contributed by atoms with van der Waals surface area (Å²) in [5.41, 5.74) is -0.189. The molecule has 0 unspecified atom stereocenters. The largest absolute Gasteiger partial charge is 0.481 e. The smallest absolute Gasteiger partial charge is 0.417 e. The van der Waals surface area contributed by atoms with Crippen molar-refractivity contribution >= 4 is 16.9 Å². The van der Waals surface area contributed by atoms with Crippen molar-refractivity contribution < 1.29 is 23.1 Å². The van der Waals surface area contributed by atoms with Gasteiger partial charge in [0.1, 0.15) is 0 Å². The fourth-order valence-electron chi connectivity index (χ4n) is 2.36. The van der Waals surface area contributed by atoms with Gasteiger partial charge in [0.2, 0.25) is 0 Å². The molecule has 1 N–H and O–H groups in total. The lowest BCUT2D eigenvalue weighted by Gasteiger charge is -2.12. The molecule has 0 saturated carbocycles. The van der Waals surface area contributed by atoms with Crippen LogP contribution in [-0.4, -0.2) is 15.6 Å². The van der Waals surface area contributed by atoms with E-state index >= 15 is 0 Å². The number of alkyl halides is 3. The van der Waals surface area contributed by atoms with Crippen molar-refractivity contribution in [2.45, 2.75) is 32.5 Å². The van der Waals surface area contributed by atoms with E-state index in [1.165, 1.54) is 12.3 Å². The Morgan fingerprint density at radius 2 is 2.00 bits per heavy atom. The number of hydrogen-bond acceptors (Lipinski definition) is 1. The average molecular weight is 285 g/mol. The third kappa shape index (κ3) is 2.50. The van der Waals surface area contributed by atoms with E-state index in [9.17, 15) is 18.0 Å². The van der Waals surface area contributed by atoms with Crippen LogP contribution in [0.1, 0.15) is 31.0 Å². The fourth-order valence-corrected chi connectivity index (χ4v) is 2.36. The predicted octanol–water partition coefficient (Wildman–Crippen LogP) is 3.87. The molecular formula is C14H14F3NO2. The lowest BCUT2D eigenvalue weighted by molar-refractivity contribution is -0.137. The van der Waals surface area contributed by atoms with Crippen molar-refractivity contribution in [3.8, 4) is 0 Å². The molecule has 108 valence electrons. The van der Waals surface area contributed by atoms with Crippen molar-refractivity contribution in [3.05, 3.63) is 35.5 Å². The summed E-state index contributed by atoms with van der Waals surface area (Å²) in [6.07, 6.45) is -3.43. The Bertz CT molecular complexity index is 656. The summed E-state index contributed by atoms with van der Waals surface area (Å²) in [5, 5.41) is 8.86. The number of carboxylic acids is 1. The number of hydrogen-bond donors (Lipinski definition) is 1. The number of carbonyl (C=O) groups is 1. The third-order valence-corrected chi connectivity index (χ3v) is 3.14. The molecule has 0 aliphatic heterocycles. The van der Waals surface area contributed by atoms with Gasteiger partial charge >= 0.3 is 12.1 Å². The molecule has 2 aromatic rings. The topological polar surface area (TPSA) is 42.2 Å². The molecule has 0 bridgehead atoms. The van der Waals surface area contributed by atoms with Crippen LogP contribution < -0.4 is 0 Å². The van der Waals surface area contributed by atoms with Gasteiger partial charge in [-0.05, 0) is 31.5 Å². The highest BCUT2D eigenvalue weighted by atomic mass is 19.4. The lowest BCUT2D eigenvalue weighted by atomic mass is 10.0. The Morgan fingerprint density at radius 1 is 1.35 bits per heavy atom. The molecule has 1 heterocycles. The van der Waals surface area contributed by atoms with Gasteiger partial charge in [-0.1, -0.05) is 6.07 Å². The highest BCUT2D eigenvalue weighted by Gasteiger charge is 2.34. The molecule has 3 nitrogen and oxygen atoms in total. The zero-order valence-corrected chi connectivity index (χ0v) is 11.0. The number of aromatic nitrogens is 1. The Kier molecular flexibility index (Phi) is 3.50. The number of aliphatic carboxylic acids is 1. The van der Waals surface area contributed by atoms with Gasteiger partial charge in [-0.3, -0.25) is 4.79 Å². The predicted molar refractivity (Wildman–Crippen MR) is 68.7 cm³/mol. The Balaban J connectivity index is 2.80. The molecule has 0 radical (unpaired) electrons. The van der Waals surface area contributed by atoms with Crippen molar-refractivity contribution in [3.63, 3.8) is 0 Å². The van der Waals surface area contributed by atoms with Gasteiger partial charge in [0.05, 0.1) is 12.0 Å². The molecule has 0 aliphatic rings. The molecule has 1 aromatic carbocycles. The lowest BCUT2D eigenvalue weighted by Crippen LogP contribution is -2.07. The maximum Gasteiger partial charge on any atom is 0.417 e. The van der Waals surface area contributed by atoms with Gasteiger partial charge in [-0.2, -0.15) is 13.2 Å². The minimum Gasteiger partial charge on any atom is -0.481 e. The fraction of sp³-hybridized carbons (Fsp3) is 0.357. The van der Waals surface area contributed by atoms with E-state index in [2.05, 4.69) is 0 Å². The van der Waals surface area contributed by atoms with Crippen LogP contribution in [-0.2, 0) is 17.4 Å². The number of carboxylic acid groups (broad SMARTS) is 1. The molecule has 0 atom stereocenters. The second-order valence-electron chi connectivity index (χ2n) is 4.92. The molecule has 20 heavy (non-hydrogen) atoms. The average Bonchev–Trinajstić information content (AvgIpc) is 2.66. The van der Waals surface area contributed by atoms with Gasteiger partial charge in [0.25, 0.3) is 0 Å². The number of nitrogens with zero attached hydrogens (tertiary/aromatic N) is 1. The SMILES string of the molecule is CC(C)n1cc(CC(=O)O)c2c(C(F)(F)F)cccc21. The van der Waals surface area contributed by atoms with E-state index in [0.717, 1.165) is 6.07 Å². The van der Waals surface area contributed by atoms with Gasteiger partial charge in [-0.15, -0.1) is 0 Å². The molecule has 0 amide bonds. The summed E-state index contributed by atoms with van der Waals surface area (Å²) in [7, 11) is 0. The van der Waals surface area contributed by atoms with Gasteiger partial charge in [-0.25, -0.2) is 0 Å². The van der Waals surface area contributed by atoms with Crippen molar-refractivity contribution in [1.29, 1.82) is 0 Å². The summed E-state index contributed by atoms with van der Waals surface area (Å²) >= 11 is 0. The van der Waals surface area contributed by atoms with Gasteiger partial charge in [0, 0.05) is 23.1 Å². The normalized spacial score (nSPS) is 12.3. The first kappa shape index (κ1) is 14.4. The van der Waals surface area contributed by atoms with E-state index < -0.39 is 24.1 Å². The van der Waals surface area contributed by atoms with E-state index in [4.69, 9.17) is 5.11 Å². The molecule has 1 aromatic heterocycles. The number of benzene rings is 1. The van der Waals surface area contributed by atoms with Crippen LogP contribution in [0, 0.1) is 0 Å². The quantitative estimate of drug-likeness (QED) is 0.930. The summed E-state index contributed by atoms with van der Waals surface area (Å²) in [6.45, 7) is 3.68. The first-order valence-electron chi connectivity index (χ1n) is 6.13. The van der Waals surface area contributed by atoms with E-state index in [1.54, 1.807) is 10.6 Å². The molecule has 0 spiro atoms. The maximum absolute atomic E-state index is 13.1.